The second kappa shape index (κ2) is 5.27. The molecule has 0 aromatic heterocycles. The summed E-state index contributed by atoms with van der Waals surface area (Å²) in [6.07, 6.45) is 2.74. The third kappa shape index (κ3) is 2.72. The van der Waals surface area contributed by atoms with Crippen molar-refractivity contribution in [2.75, 3.05) is 13.1 Å². The lowest BCUT2D eigenvalue weighted by atomic mass is 9.74. The lowest BCUT2D eigenvalue weighted by molar-refractivity contribution is 0.0162. The van der Waals surface area contributed by atoms with Gasteiger partial charge in [0.15, 0.2) is 0 Å². The average molecular weight is 302 g/mol. The van der Waals surface area contributed by atoms with Gasteiger partial charge in [-0.15, -0.1) is 0 Å². The van der Waals surface area contributed by atoms with Crippen molar-refractivity contribution in [3.8, 4) is 0 Å². The second-order valence-electron chi connectivity index (χ2n) is 7.65. The highest BCUT2D eigenvalue weighted by molar-refractivity contribution is 5.68. The maximum absolute atomic E-state index is 12.2. The van der Waals surface area contributed by atoms with Crippen LogP contribution in [0, 0.1) is 0 Å². The number of amides is 1. The van der Waals surface area contributed by atoms with Gasteiger partial charge in [-0.2, -0.15) is 0 Å². The topological polar surface area (TPSA) is 55.6 Å². The fourth-order valence-corrected chi connectivity index (χ4v) is 3.86. The van der Waals surface area contributed by atoms with Crippen molar-refractivity contribution >= 4 is 6.09 Å². The lowest BCUT2D eigenvalue weighted by Gasteiger charge is -2.40. The van der Waals surface area contributed by atoms with Crippen molar-refractivity contribution in [1.29, 1.82) is 0 Å². The summed E-state index contributed by atoms with van der Waals surface area (Å²) in [6, 6.07) is 8.65. The molecular weight excluding hydrogens is 276 g/mol. The van der Waals surface area contributed by atoms with Crippen molar-refractivity contribution in [1.82, 2.24) is 4.90 Å². The van der Waals surface area contributed by atoms with Crippen molar-refractivity contribution in [3.63, 3.8) is 0 Å². The van der Waals surface area contributed by atoms with Gasteiger partial charge in [0.1, 0.15) is 5.60 Å². The van der Waals surface area contributed by atoms with Gasteiger partial charge in [-0.05, 0) is 51.2 Å². The molecule has 1 saturated heterocycles. The monoisotopic (exact) mass is 302 g/mol. The minimum atomic E-state index is -0.436. The summed E-state index contributed by atoms with van der Waals surface area (Å²) in [6.45, 7) is 7.21. The van der Waals surface area contributed by atoms with E-state index in [1.165, 1.54) is 11.1 Å². The van der Waals surface area contributed by atoms with E-state index >= 15 is 0 Å². The summed E-state index contributed by atoms with van der Waals surface area (Å²) in [5.41, 5.74) is 8.72. The third-order valence-electron chi connectivity index (χ3n) is 4.91. The second-order valence-corrected chi connectivity index (χ2v) is 7.65. The number of hydrogen-bond acceptors (Lipinski definition) is 3. The van der Waals surface area contributed by atoms with Crippen LogP contribution in [-0.4, -0.2) is 29.7 Å². The number of carbonyl (C=O) groups is 1. The van der Waals surface area contributed by atoms with Crippen LogP contribution in [0.1, 0.15) is 57.2 Å². The average Bonchev–Trinajstić information content (AvgIpc) is 2.71. The number of fused-ring (bicyclic) bond motifs is 2. The van der Waals surface area contributed by atoms with Gasteiger partial charge in [0.25, 0.3) is 0 Å². The number of piperidine rings is 1. The maximum Gasteiger partial charge on any atom is 0.410 e. The van der Waals surface area contributed by atoms with Crippen LogP contribution in [0.4, 0.5) is 4.79 Å². The Kier molecular flexibility index (Phi) is 3.68. The Labute approximate surface area is 132 Å². The summed E-state index contributed by atoms with van der Waals surface area (Å²) < 4.78 is 5.48. The number of nitrogens with zero attached hydrogens (tertiary/aromatic N) is 1. The Morgan fingerprint density at radius 1 is 1.27 bits per heavy atom. The summed E-state index contributed by atoms with van der Waals surface area (Å²) in [7, 11) is 0. The molecule has 2 N–H and O–H groups in total. The SMILES string of the molecule is CC(C)(C)OC(=O)N1CCC2(CC1)C[C@@H](N)c1ccccc12. The Hall–Kier alpha value is -1.55. The van der Waals surface area contributed by atoms with Gasteiger partial charge >= 0.3 is 6.09 Å². The highest BCUT2D eigenvalue weighted by Crippen LogP contribution is 2.49. The number of hydrogen-bond donors (Lipinski definition) is 1. The van der Waals surface area contributed by atoms with Gasteiger partial charge in [-0.1, -0.05) is 24.3 Å². The Balaban J connectivity index is 1.71. The first kappa shape index (κ1) is 15.3. The minimum absolute atomic E-state index is 0.129. The molecule has 1 aliphatic carbocycles. The highest BCUT2D eigenvalue weighted by atomic mass is 16.6. The van der Waals surface area contributed by atoms with E-state index < -0.39 is 5.60 Å². The molecule has 1 heterocycles. The van der Waals surface area contributed by atoms with Gasteiger partial charge in [0.05, 0.1) is 0 Å². The van der Waals surface area contributed by atoms with Crippen LogP contribution < -0.4 is 5.73 Å². The summed E-state index contributed by atoms with van der Waals surface area (Å²) in [5.74, 6) is 0. The molecule has 0 unspecified atom stereocenters. The van der Waals surface area contributed by atoms with Crippen LogP contribution in [0.15, 0.2) is 24.3 Å². The third-order valence-corrected chi connectivity index (χ3v) is 4.91. The van der Waals surface area contributed by atoms with E-state index in [1.807, 2.05) is 25.7 Å². The van der Waals surface area contributed by atoms with Crippen LogP contribution in [0.25, 0.3) is 0 Å². The van der Waals surface area contributed by atoms with Crippen LogP contribution in [0.2, 0.25) is 0 Å². The molecule has 1 amide bonds. The fourth-order valence-electron chi connectivity index (χ4n) is 3.86. The van der Waals surface area contributed by atoms with Gasteiger partial charge in [-0.3, -0.25) is 0 Å². The molecule has 0 bridgehead atoms. The first-order valence-electron chi connectivity index (χ1n) is 8.14. The normalized spacial score (nSPS) is 23.5. The molecule has 1 aromatic rings. The fraction of sp³-hybridized carbons (Fsp3) is 0.611. The van der Waals surface area contributed by atoms with Crippen molar-refractivity contribution in [3.05, 3.63) is 35.4 Å². The molecule has 2 aliphatic rings. The molecule has 1 spiro atoms. The van der Waals surface area contributed by atoms with E-state index in [4.69, 9.17) is 10.5 Å². The van der Waals surface area contributed by atoms with E-state index in [9.17, 15) is 4.79 Å². The molecule has 1 aliphatic heterocycles. The molecule has 22 heavy (non-hydrogen) atoms. The zero-order valence-electron chi connectivity index (χ0n) is 13.8. The number of nitrogens with two attached hydrogens (primary N) is 1. The van der Waals surface area contributed by atoms with E-state index in [-0.39, 0.29) is 17.6 Å². The van der Waals surface area contributed by atoms with Crippen molar-refractivity contribution in [2.45, 2.75) is 57.1 Å². The molecule has 3 rings (SSSR count). The first-order chi connectivity index (χ1) is 10.3. The van der Waals surface area contributed by atoms with Gasteiger partial charge in [0.2, 0.25) is 0 Å². The molecule has 0 saturated carbocycles. The van der Waals surface area contributed by atoms with Crippen LogP contribution in [0.3, 0.4) is 0 Å². The maximum atomic E-state index is 12.2. The Morgan fingerprint density at radius 2 is 1.91 bits per heavy atom. The molecule has 0 radical (unpaired) electrons. The van der Waals surface area contributed by atoms with Gasteiger partial charge in [-0.25, -0.2) is 4.79 Å². The van der Waals surface area contributed by atoms with E-state index in [0.717, 1.165) is 32.4 Å². The predicted octanol–water partition coefficient (Wildman–Crippen LogP) is 3.36. The van der Waals surface area contributed by atoms with Crippen LogP contribution in [-0.2, 0) is 10.2 Å². The zero-order valence-corrected chi connectivity index (χ0v) is 13.8. The molecule has 4 heteroatoms. The van der Waals surface area contributed by atoms with Crippen molar-refractivity contribution < 1.29 is 9.53 Å². The van der Waals surface area contributed by atoms with Gasteiger partial charge < -0.3 is 15.4 Å². The predicted molar refractivity (Wildman–Crippen MR) is 86.7 cm³/mol. The first-order valence-corrected chi connectivity index (χ1v) is 8.14. The molecule has 4 nitrogen and oxygen atoms in total. The number of benzene rings is 1. The quantitative estimate of drug-likeness (QED) is 0.799. The minimum Gasteiger partial charge on any atom is -0.444 e. The van der Waals surface area contributed by atoms with Crippen LogP contribution in [0.5, 0.6) is 0 Å². The molecular formula is C18H26N2O2. The molecule has 120 valence electrons. The molecule has 1 atom stereocenters. The standard InChI is InChI=1S/C18H26N2O2/c1-17(2,3)22-16(21)20-10-8-18(9-11-20)12-15(19)13-6-4-5-7-14(13)18/h4-7,15H,8-12,19H2,1-3H3/t15-/m1/s1. The zero-order chi connectivity index (χ0) is 16.0. The number of carbonyl (C=O) groups excluding carboxylic acids is 1. The smallest absolute Gasteiger partial charge is 0.410 e. The largest absolute Gasteiger partial charge is 0.444 e. The number of rotatable bonds is 0. The Bertz CT molecular complexity index is 569. The molecule has 1 fully saturated rings. The Morgan fingerprint density at radius 3 is 2.55 bits per heavy atom. The van der Waals surface area contributed by atoms with Gasteiger partial charge in [0, 0.05) is 24.5 Å². The summed E-state index contributed by atoms with van der Waals surface area (Å²) in [4.78, 5) is 14.0. The highest BCUT2D eigenvalue weighted by Gasteiger charge is 2.45. The molecule has 1 aromatic carbocycles. The number of ether oxygens (including phenoxy) is 1. The van der Waals surface area contributed by atoms with E-state index in [0.29, 0.717) is 0 Å². The number of likely N-dealkylation sites (tertiary alicyclic amines) is 1. The van der Waals surface area contributed by atoms with Crippen LogP contribution >= 0.6 is 0 Å². The lowest BCUT2D eigenvalue weighted by Crippen LogP contribution is -2.46. The van der Waals surface area contributed by atoms with E-state index in [1.54, 1.807) is 0 Å². The summed E-state index contributed by atoms with van der Waals surface area (Å²) >= 11 is 0. The summed E-state index contributed by atoms with van der Waals surface area (Å²) in [5, 5.41) is 0. The van der Waals surface area contributed by atoms with E-state index in [2.05, 4.69) is 24.3 Å². The van der Waals surface area contributed by atoms with Crippen molar-refractivity contribution in [2.24, 2.45) is 5.73 Å².